The van der Waals surface area contributed by atoms with Crippen molar-refractivity contribution in [3.05, 3.63) is 248 Å². The molecule has 10 aromatic carbocycles. The summed E-state index contributed by atoms with van der Waals surface area (Å²) >= 11 is 0. The molecular formula is C61H42N2O. The molecule has 3 heteroatoms. The average Bonchev–Trinajstić information content (AvgIpc) is 3.77. The van der Waals surface area contributed by atoms with Crippen LogP contribution >= 0.6 is 0 Å². The summed E-state index contributed by atoms with van der Waals surface area (Å²) in [6.45, 7) is 5.44. The van der Waals surface area contributed by atoms with Crippen LogP contribution in [-0.2, 0) is 0 Å². The van der Waals surface area contributed by atoms with Gasteiger partial charge in [-0.2, -0.15) is 0 Å². The first-order valence-corrected chi connectivity index (χ1v) is 21.9. The third-order valence-corrected chi connectivity index (χ3v) is 12.8. The van der Waals surface area contributed by atoms with E-state index in [1.165, 1.54) is 32.3 Å². The van der Waals surface area contributed by atoms with Crippen LogP contribution in [0.3, 0.4) is 0 Å². The van der Waals surface area contributed by atoms with E-state index in [2.05, 4.69) is 228 Å². The lowest BCUT2D eigenvalue weighted by molar-refractivity contribution is 0.669. The number of rotatable bonds is 6. The van der Waals surface area contributed by atoms with Crippen molar-refractivity contribution in [2.45, 2.75) is 0 Å². The molecule has 0 saturated carbocycles. The second kappa shape index (κ2) is 15.5. The first-order chi connectivity index (χ1) is 31.7. The molecular weight excluding hydrogens is 777 g/mol. The summed E-state index contributed by atoms with van der Waals surface area (Å²) in [7, 11) is 0. The Morgan fingerprint density at radius 2 is 1.05 bits per heavy atom. The molecule has 64 heavy (non-hydrogen) atoms. The quantitative estimate of drug-likeness (QED) is 0.156. The van der Waals surface area contributed by atoms with Crippen molar-refractivity contribution in [2.24, 2.45) is 0 Å². The van der Waals surface area contributed by atoms with Crippen LogP contribution in [0.1, 0.15) is 11.1 Å². The number of hydrogen-bond donors (Lipinski definition) is 0. The first kappa shape index (κ1) is 37.4. The number of allylic oxidation sites excluding steroid dienone is 4. The number of nitrogens with zero attached hydrogens (tertiary/aromatic N) is 2. The Balaban J connectivity index is 0.982. The highest BCUT2D eigenvalue weighted by molar-refractivity contribution is 6.25. The molecule has 0 spiro atoms. The molecule has 1 aliphatic heterocycles. The van der Waals surface area contributed by atoms with Gasteiger partial charge in [-0.15, -0.1) is 0 Å². The van der Waals surface area contributed by atoms with Gasteiger partial charge in [-0.05, 0) is 127 Å². The van der Waals surface area contributed by atoms with E-state index in [1.54, 1.807) is 0 Å². The van der Waals surface area contributed by atoms with Crippen molar-refractivity contribution in [1.82, 2.24) is 0 Å². The predicted molar refractivity (Wildman–Crippen MR) is 272 cm³/mol. The van der Waals surface area contributed by atoms with E-state index in [0.717, 1.165) is 83.8 Å². The number of anilines is 5. The van der Waals surface area contributed by atoms with Crippen LogP contribution in [0.2, 0.25) is 0 Å². The molecule has 0 saturated heterocycles. The van der Waals surface area contributed by atoms with E-state index >= 15 is 0 Å². The van der Waals surface area contributed by atoms with E-state index in [-0.39, 0.29) is 0 Å². The Kier molecular flexibility index (Phi) is 9.05. The number of hydrogen-bond acceptors (Lipinski definition) is 3. The Morgan fingerprint density at radius 1 is 0.453 bits per heavy atom. The molecule has 1 aromatic heterocycles. The SMILES string of the molecule is C=C1/C=C(c2ccccc2)\C=C/CN(c2ccc3c4ccccc4c4ccccc4c3c2)c2ccc(-c3ccc(N(c4ccccc4)c4cccc5c4oc4ccccc45)cc3)cc21. The monoisotopic (exact) mass is 818 g/mol. The molecule has 11 aromatic rings. The Labute approximate surface area is 372 Å². The highest BCUT2D eigenvalue weighted by Gasteiger charge is 2.21. The van der Waals surface area contributed by atoms with Gasteiger partial charge in [0, 0.05) is 45.6 Å². The van der Waals surface area contributed by atoms with Crippen molar-refractivity contribution < 1.29 is 4.42 Å². The standard InChI is InChI=1S/C61H42N2O/c1-41-38-44(42-16-4-2-5-17-42)18-15-37-62(48-34-35-53-51-23-9-8-21-49(51)50-22-10-11-24-52(50)57(53)40-48)58-36-31-45(39-56(41)58)43-29-32-47(33-30-43)63(46-19-6-3-7-20-46)59-27-14-26-55-54-25-12-13-28-60(54)64-61(55)59/h2-36,38-40H,1,37H2/b18-15-,44-38+. The van der Waals surface area contributed by atoms with E-state index in [4.69, 9.17) is 11.0 Å². The molecule has 2 heterocycles. The summed E-state index contributed by atoms with van der Waals surface area (Å²) in [5.74, 6) is 0. The van der Waals surface area contributed by atoms with Crippen LogP contribution < -0.4 is 9.80 Å². The molecule has 0 aliphatic carbocycles. The highest BCUT2D eigenvalue weighted by Crippen LogP contribution is 2.44. The summed E-state index contributed by atoms with van der Waals surface area (Å²) in [6.07, 6.45) is 6.76. The molecule has 302 valence electrons. The van der Waals surface area contributed by atoms with Gasteiger partial charge in [0.25, 0.3) is 0 Å². The maximum Gasteiger partial charge on any atom is 0.159 e. The average molecular weight is 819 g/mol. The van der Waals surface area contributed by atoms with Gasteiger partial charge >= 0.3 is 0 Å². The maximum atomic E-state index is 6.56. The van der Waals surface area contributed by atoms with E-state index in [0.29, 0.717) is 6.54 Å². The molecule has 12 rings (SSSR count). The zero-order valence-electron chi connectivity index (χ0n) is 35.2. The van der Waals surface area contributed by atoms with Gasteiger partial charge in [-0.3, -0.25) is 0 Å². The lowest BCUT2D eigenvalue weighted by Crippen LogP contribution is -2.18. The molecule has 0 amide bonds. The van der Waals surface area contributed by atoms with Crippen LogP contribution in [0.5, 0.6) is 0 Å². The molecule has 0 unspecified atom stereocenters. The third kappa shape index (κ3) is 6.37. The second-order valence-electron chi connectivity index (χ2n) is 16.5. The topological polar surface area (TPSA) is 19.6 Å². The van der Waals surface area contributed by atoms with Gasteiger partial charge in [-0.1, -0.05) is 170 Å². The van der Waals surface area contributed by atoms with E-state index in [1.807, 2.05) is 12.1 Å². The van der Waals surface area contributed by atoms with Gasteiger partial charge in [-0.25, -0.2) is 0 Å². The highest BCUT2D eigenvalue weighted by atomic mass is 16.3. The van der Waals surface area contributed by atoms with Crippen molar-refractivity contribution >= 4 is 93.8 Å². The number of furan rings is 1. The smallest absolute Gasteiger partial charge is 0.159 e. The van der Waals surface area contributed by atoms with Gasteiger partial charge in [0.2, 0.25) is 0 Å². The Morgan fingerprint density at radius 3 is 1.78 bits per heavy atom. The zero-order valence-corrected chi connectivity index (χ0v) is 35.2. The van der Waals surface area contributed by atoms with Crippen LogP contribution in [0.4, 0.5) is 28.4 Å². The summed E-state index contributed by atoms with van der Waals surface area (Å²) in [4.78, 5) is 4.72. The number of para-hydroxylation sites is 3. The van der Waals surface area contributed by atoms with E-state index in [9.17, 15) is 0 Å². The fourth-order valence-corrected chi connectivity index (χ4v) is 9.74. The van der Waals surface area contributed by atoms with Crippen molar-refractivity contribution in [1.29, 1.82) is 0 Å². The summed E-state index contributed by atoms with van der Waals surface area (Å²) < 4.78 is 6.56. The normalized spacial score (nSPS) is 14.3. The second-order valence-corrected chi connectivity index (χ2v) is 16.5. The minimum Gasteiger partial charge on any atom is -0.454 e. The van der Waals surface area contributed by atoms with Crippen molar-refractivity contribution in [3.63, 3.8) is 0 Å². The van der Waals surface area contributed by atoms with Crippen LogP contribution in [0.15, 0.2) is 242 Å². The summed E-state index contributed by atoms with van der Waals surface area (Å²) in [6, 6.07) is 76.1. The van der Waals surface area contributed by atoms with Crippen LogP contribution in [0, 0.1) is 0 Å². The Hall–Kier alpha value is -8.40. The molecule has 0 atom stereocenters. The first-order valence-electron chi connectivity index (χ1n) is 21.9. The van der Waals surface area contributed by atoms with Crippen molar-refractivity contribution in [3.8, 4) is 11.1 Å². The van der Waals surface area contributed by atoms with Gasteiger partial charge in [0.1, 0.15) is 5.58 Å². The van der Waals surface area contributed by atoms with Crippen molar-refractivity contribution in [2.75, 3.05) is 16.3 Å². The maximum absolute atomic E-state index is 6.56. The lowest BCUT2D eigenvalue weighted by Gasteiger charge is -2.28. The predicted octanol–water partition coefficient (Wildman–Crippen LogP) is 17.0. The van der Waals surface area contributed by atoms with Gasteiger partial charge in [0.05, 0.1) is 5.69 Å². The van der Waals surface area contributed by atoms with Crippen LogP contribution in [-0.4, -0.2) is 6.54 Å². The van der Waals surface area contributed by atoms with Crippen LogP contribution in [0.25, 0.3) is 76.5 Å². The zero-order chi connectivity index (χ0) is 42.6. The Bertz CT molecular complexity index is 3620. The van der Waals surface area contributed by atoms with E-state index < -0.39 is 0 Å². The largest absolute Gasteiger partial charge is 0.454 e. The van der Waals surface area contributed by atoms with Gasteiger partial charge < -0.3 is 14.2 Å². The minimum absolute atomic E-state index is 0.683. The minimum atomic E-state index is 0.683. The molecule has 0 radical (unpaired) electrons. The molecule has 3 nitrogen and oxygen atoms in total. The lowest BCUT2D eigenvalue weighted by atomic mass is 9.93. The molecule has 0 bridgehead atoms. The fraction of sp³-hybridized carbons (Fsp3) is 0.0164. The molecule has 0 N–H and O–H groups in total. The van der Waals surface area contributed by atoms with Gasteiger partial charge in [0.15, 0.2) is 5.58 Å². The number of benzene rings is 10. The summed E-state index contributed by atoms with van der Waals surface area (Å²) in [5.41, 5.74) is 13.6. The summed E-state index contributed by atoms with van der Waals surface area (Å²) in [5, 5.41) is 9.80. The third-order valence-electron chi connectivity index (χ3n) is 12.8. The molecule has 0 fully saturated rings. The molecule has 1 aliphatic rings. The number of fused-ring (bicyclic) bond motifs is 10. The fourth-order valence-electron chi connectivity index (χ4n) is 9.74.